The highest BCUT2D eigenvalue weighted by Crippen LogP contribution is 2.25. The van der Waals surface area contributed by atoms with Crippen molar-refractivity contribution in [3.8, 4) is 0 Å². The monoisotopic (exact) mass is 215 g/mol. The topological polar surface area (TPSA) is 55.5 Å². The SMILES string of the molecule is NC1(COCCCCCO)CCCCC1. The Hall–Kier alpha value is -0.120. The van der Waals surface area contributed by atoms with Crippen LogP contribution in [0.3, 0.4) is 0 Å². The van der Waals surface area contributed by atoms with Crippen molar-refractivity contribution in [2.24, 2.45) is 5.73 Å². The Balaban J connectivity index is 1.98. The standard InChI is InChI=1S/C12H25NO2/c13-12(7-3-1-4-8-12)11-15-10-6-2-5-9-14/h14H,1-11,13H2. The molecule has 0 amide bonds. The second-order valence-corrected chi connectivity index (χ2v) is 4.76. The van der Waals surface area contributed by atoms with Gasteiger partial charge in [-0.15, -0.1) is 0 Å². The molecular formula is C12H25NO2. The van der Waals surface area contributed by atoms with Gasteiger partial charge in [0.15, 0.2) is 0 Å². The molecule has 1 aliphatic rings. The van der Waals surface area contributed by atoms with Crippen molar-refractivity contribution in [3.05, 3.63) is 0 Å². The van der Waals surface area contributed by atoms with Crippen LogP contribution in [0.5, 0.6) is 0 Å². The molecule has 0 aromatic carbocycles. The van der Waals surface area contributed by atoms with Gasteiger partial charge in [-0.05, 0) is 32.1 Å². The Labute approximate surface area is 93.0 Å². The van der Waals surface area contributed by atoms with Crippen molar-refractivity contribution in [2.45, 2.75) is 56.9 Å². The van der Waals surface area contributed by atoms with E-state index in [1.54, 1.807) is 0 Å². The summed E-state index contributed by atoms with van der Waals surface area (Å²) in [5.41, 5.74) is 6.19. The van der Waals surface area contributed by atoms with E-state index in [2.05, 4.69) is 0 Å². The van der Waals surface area contributed by atoms with Crippen molar-refractivity contribution >= 4 is 0 Å². The van der Waals surface area contributed by atoms with Crippen LogP contribution in [0, 0.1) is 0 Å². The zero-order valence-electron chi connectivity index (χ0n) is 9.71. The molecular weight excluding hydrogens is 190 g/mol. The fourth-order valence-corrected chi connectivity index (χ4v) is 2.17. The normalized spacial score (nSPS) is 20.4. The molecule has 15 heavy (non-hydrogen) atoms. The number of rotatable bonds is 7. The Morgan fingerprint density at radius 1 is 1.07 bits per heavy atom. The Bertz CT molecular complexity index is 156. The molecule has 3 N–H and O–H groups in total. The summed E-state index contributed by atoms with van der Waals surface area (Å²) in [5.74, 6) is 0. The lowest BCUT2D eigenvalue weighted by atomic mass is 9.83. The minimum absolute atomic E-state index is 0.0464. The molecule has 0 saturated heterocycles. The fourth-order valence-electron chi connectivity index (χ4n) is 2.17. The van der Waals surface area contributed by atoms with Crippen LogP contribution in [-0.2, 0) is 4.74 Å². The molecule has 0 spiro atoms. The van der Waals surface area contributed by atoms with Crippen LogP contribution in [0.2, 0.25) is 0 Å². The quantitative estimate of drug-likeness (QED) is 0.637. The van der Waals surface area contributed by atoms with Crippen LogP contribution in [0.25, 0.3) is 0 Å². The van der Waals surface area contributed by atoms with E-state index in [1.807, 2.05) is 0 Å². The van der Waals surface area contributed by atoms with E-state index in [-0.39, 0.29) is 5.54 Å². The van der Waals surface area contributed by atoms with Gasteiger partial charge in [-0.3, -0.25) is 0 Å². The Morgan fingerprint density at radius 3 is 2.47 bits per heavy atom. The molecule has 0 atom stereocenters. The van der Waals surface area contributed by atoms with Gasteiger partial charge < -0.3 is 15.6 Å². The first-order chi connectivity index (χ1) is 7.27. The molecule has 0 heterocycles. The maximum absolute atomic E-state index is 8.61. The maximum atomic E-state index is 8.61. The Kier molecular flexibility index (Phi) is 6.22. The van der Waals surface area contributed by atoms with Gasteiger partial charge in [-0.25, -0.2) is 0 Å². The molecule has 1 saturated carbocycles. The molecule has 90 valence electrons. The van der Waals surface area contributed by atoms with E-state index < -0.39 is 0 Å². The number of unbranched alkanes of at least 4 members (excludes halogenated alkanes) is 2. The van der Waals surface area contributed by atoms with Gasteiger partial charge in [0.25, 0.3) is 0 Å². The van der Waals surface area contributed by atoms with Gasteiger partial charge in [-0.2, -0.15) is 0 Å². The van der Waals surface area contributed by atoms with Gasteiger partial charge in [-0.1, -0.05) is 19.3 Å². The van der Waals surface area contributed by atoms with Gasteiger partial charge in [0.2, 0.25) is 0 Å². The third kappa shape index (κ3) is 5.50. The number of hydrogen-bond acceptors (Lipinski definition) is 3. The van der Waals surface area contributed by atoms with Gasteiger partial charge in [0.05, 0.1) is 6.61 Å². The third-order valence-electron chi connectivity index (χ3n) is 3.19. The van der Waals surface area contributed by atoms with Gasteiger partial charge in [0.1, 0.15) is 0 Å². The van der Waals surface area contributed by atoms with Crippen LogP contribution >= 0.6 is 0 Å². The smallest absolute Gasteiger partial charge is 0.0646 e. The van der Waals surface area contributed by atoms with Gasteiger partial charge >= 0.3 is 0 Å². The van der Waals surface area contributed by atoms with Crippen molar-refractivity contribution in [1.29, 1.82) is 0 Å². The van der Waals surface area contributed by atoms with E-state index in [4.69, 9.17) is 15.6 Å². The minimum atomic E-state index is -0.0464. The van der Waals surface area contributed by atoms with Crippen LogP contribution in [0.15, 0.2) is 0 Å². The highest BCUT2D eigenvalue weighted by molar-refractivity contribution is 4.86. The molecule has 0 aliphatic heterocycles. The summed E-state index contributed by atoms with van der Waals surface area (Å²) in [5, 5.41) is 8.61. The summed E-state index contributed by atoms with van der Waals surface area (Å²) >= 11 is 0. The molecule has 0 bridgehead atoms. The number of nitrogens with two attached hydrogens (primary N) is 1. The minimum Gasteiger partial charge on any atom is -0.396 e. The first kappa shape index (κ1) is 12.9. The molecule has 1 aliphatic carbocycles. The lowest BCUT2D eigenvalue weighted by molar-refractivity contribution is 0.0650. The predicted molar refractivity (Wildman–Crippen MR) is 61.8 cm³/mol. The third-order valence-corrected chi connectivity index (χ3v) is 3.19. The first-order valence-corrected chi connectivity index (χ1v) is 6.24. The van der Waals surface area contributed by atoms with E-state index in [0.29, 0.717) is 13.2 Å². The molecule has 1 rings (SSSR count). The number of ether oxygens (including phenoxy) is 1. The van der Waals surface area contributed by atoms with Crippen LogP contribution in [0.1, 0.15) is 51.4 Å². The van der Waals surface area contributed by atoms with Crippen LogP contribution < -0.4 is 5.73 Å². The average Bonchev–Trinajstić information content (AvgIpc) is 2.24. The number of aliphatic hydroxyl groups excluding tert-OH is 1. The van der Waals surface area contributed by atoms with Gasteiger partial charge in [0, 0.05) is 18.8 Å². The molecule has 1 fully saturated rings. The molecule has 3 nitrogen and oxygen atoms in total. The molecule has 0 aromatic heterocycles. The largest absolute Gasteiger partial charge is 0.396 e. The summed E-state index contributed by atoms with van der Waals surface area (Å²) in [6, 6.07) is 0. The molecule has 0 aromatic rings. The predicted octanol–water partition coefficient (Wildman–Crippen LogP) is 1.83. The zero-order valence-corrected chi connectivity index (χ0v) is 9.71. The van der Waals surface area contributed by atoms with Crippen molar-refractivity contribution in [3.63, 3.8) is 0 Å². The second kappa shape index (κ2) is 7.20. The van der Waals surface area contributed by atoms with E-state index in [0.717, 1.165) is 38.7 Å². The highest BCUT2D eigenvalue weighted by atomic mass is 16.5. The summed E-state index contributed by atoms with van der Waals surface area (Å²) in [7, 11) is 0. The fraction of sp³-hybridized carbons (Fsp3) is 1.00. The van der Waals surface area contributed by atoms with Crippen molar-refractivity contribution in [1.82, 2.24) is 0 Å². The molecule has 0 unspecified atom stereocenters. The summed E-state index contributed by atoms with van der Waals surface area (Å²) in [6.07, 6.45) is 9.04. The van der Waals surface area contributed by atoms with Crippen molar-refractivity contribution in [2.75, 3.05) is 19.8 Å². The summed E-state index contributed by atoms with van der Waals surface area (Å²) in [6.45, 7) is 1.80. The van der Waals surface area contributed by atoms with Crippen LogP contribution in [-0.4, -0.2) is 30.5 Å². The van der Waals surface area contributed by atoms with E-state index >= 15 is 0 Å². The van der Waals surface area contributed by atoms with E-state index in [1.165, 1.54) is 19.3 Å². The second-order valence-electron chi connectivity index (χ2n) is 4.76. The number of hydrogen-bond donors (Lipinski definition) is 2. The van der Waals surface area contributed by atoms with E-state index in [9.17, 15) is 0 Å². The maximum Gasteiger partial charge on any atom is 0.0646 e. The Morgan fingerprint density at radius 2 is 1.80 bits per heavy atom. The highest BCUT2D eigenvalue weighted by Gasteiger charge is 2.27. The molecule has 3 heteroatoms. The number of aliphatic hydroxyl groups is 1. The summed E-state index contributed by atoms with van der Waals surface area (Å²) < 4.78 is 5.62. The zero-order chi connectivity index (χ0) is 11.0. The lowest BCUT2D eigenvalue weighted by Gasteiger charge is -2.33. The molecule has 0 radical (unpaired) electrons. The first-order valence-electron chi connectivity index (χ1n) is 6.24. The lowest BCUT2D eigenvalue weighted by Crippen LogP contribution is -2.46. The van der Waals surface area contributed by atoms with Crippen molar-refractivity contribution < 1.29 is 9.84 Å². The van der Waals surface area contributed by atoms with Crippen LogP contribution in [0.4, 0.5) is 0 Å². The summed E-state index contributed by atoms with van der Waals surface area (Å²) in [4.78, 5) is 0. The average molecular weight is 215 g/mol.